The second-order valence-electron chi connectivity index (χ2n) is 8.47. The van der Waals surface area contributed by atoms with Gasteiger partial charge in [0.2, 0.25) is 21.8 Å². The zero-order valence-electron chi connectivity index (χ0n) is 20.8. The third kappa shape index (κ3) is 8.39. The zero-order chi connectivity index (χ0) is 28.8. The summed E-state index contributed by atoms with van der Waals surface area (Å²) in [7, 11) is -4.25. The van der Waals surface area contributed by atoms with Crippen molar-refractivity contribution in [3.8, 4) is 0 Å². The average Bonchev–Trinajstić information content (AvgIpc) is 2.81. The second-order valence-corrected chi connectivity index (χ2v) is 11.6. The lowest BCUT2D eigenvalue weighted by atomic mass is 10.1. The molecule has 0 radical (unpaired) electrons. The number of benzene rings is 2. The Kier molecular flexibility index (Phi) is 11.1. The number of rotatable bonds is 11. The van der Waals surface area contributed by atoms with Crippen LogP contribution in [0, 0.1) is 0 Å². The molecule has 7 nitrogen and oxygen atoms in total. The molecular formula is C24H27Cl3F3N3O4S. The molecular weight excluding hydrogens is 590 g/mol. The molecule has 1 N–H and O–H groups in total. The molecule has 210 valence electrons. The van der Waals surface area contributed by atoms with E-state index in [1.54, 1.807) is 6.07 Å². The van der Waals surface area contributed by atoms with E-state index in [0.29, 0.717) is 28.9 Å². The normalized spacial score (nSPS) is 12.7. The van der Waals surface area contributed by atoms with Crippen molar-refractivity contribution in [1.82, 2.24) is 10.2 Å². The van der Waals surface area contributed by atoms with Gasteiger partial charge in [-0.2, -0.15) is 13.2 Å². The molecule has 14 heteroatoms. The van der Waals surface area contributed by atoms with Gasteiger partial charge in [0, 0.05) is 28.7 Å². The minimum absolute atomic E-state index is 0.210. The summed E-state index contributed by atoms with van der Waals surface area (Å²) in [4.78, 5) is 27.4. The number of nitrogens with one attached hydrogen (secondary N) is 1. The molecule has 0 spiro atoms. The fourth-order valence-corrected chi connectivity index (χ4v) is 5.05. The molecule has 0 fully saturated rings. The molecule has 2 rings (SSSR count). The van der Waals surface area contributed by atoms with E-state index in [4.69, 9.17) is 34.8 Å². The van der Waals surface area contributed by atoms with E-state index in [1.165, 1.54) is 19.1 Å². The lowest BCUT2D eigenvalue weighted by molar-refractivity contribution is -0.139. The van der Waals surface area contributed by atoms with E-state index in [9.17, 15) is 31.2 Å². The van der Waals surface area contributed by atoms with Gasteiger partial charge in [0.25, 0.3) is 0 Å². The number of alkyl halides is 3. The van der Waals surface area contributed by atoms with Crippen molar-refractivity contribution >= 4 is 62.3 Å². The lowest BCUT2D eigenvalue weighted by Gasteiger charge is -2.32. The Morgan fingerprint density at radius 2 is 1.66 bits per heavy atom. The average molecular weight is 617 g/mol. The molecule has 38 heavy (non-hydrogen) atoms. The molecule has 0 saturated carbocycles. The van der Waals surface area contributed by atoms with E-state index < -0.39 is 56.9 Å². The summed E-state index contributed by atoms with van der Waals surface area (Å²) in [5, 5.41) is 2.50. The van der Waals surface area contributed by atoms with Gasteiger partial charge in [-0.05, 0) is 43.7 Å². The van der Waals surface area contributed by atoms with Crippen LogP contribution in [0.2, 0.25) is 15.1 Å². The fraction of sp³-hybridized carbons (Fsp3) is 0.417. The number of sulfonamides is 1. The van der Waals surface area contributed by atoms with E-state index in [-0.39, 0.29) is 16.6 Å². The van der Waals surface area contributed by atoms with Gasteiger partial charge in [-0.25, -0.2) is 8.42 Å². The first-order valence-electron chi connectivity index (χ1n) is 11.4. The maximum atomic E-state index is 13.5. The second kappa shape index (κ2) is 13.2. The molecule has 0 aliphatic carbocycles. The summed E-state index contributed by atoms with van der Waals surface area (Å²) in [6.45, 7) is 2.58. The van der Waals surface area contributed by atoms with Crippen LogP contribution in [-0.2, 0) is 32.3 Å². The standard InChI is InChI=1S/C24H27Cl3F3N3O4S/c1-4-5-11-31-23(35)15(2)32(13-17-19(25)7-6-8-20(17)26)22(34)14-33(38(3,36)37)16-9-10-21(27)18(12-16)24(28,29)30/h6-10,12,15H,4-5,11,13-14H2,1-3H3,(H,31,35). The Balaban J connectivity index is 2.50. The van der Waals surface area contributed by atoms with Crippen molar-refractivity contribution in [1.29, 1.82) is 0 Å². The van der Waals surface area contributed by atoms with E-state index in [0.717, 1.165) is 29.7 Å². The lowest BCUT2D eigenvalue weighted by Crippen LogP contribution is -2.51. The van der Waals surface area contributed by atoms with Crippen LogP contribution in [0.4, 0.5) is 18.9 Å². The third-order valence-electron chi connectivity index (χ3n) is 5.61. The molecule has 2 amide bonds. The van der Waals surface area contributed by atoms with Crippen LogP contribution in [0.25, 0.3) is 0 Å². The quantitative estimate of drug-likeness (QED) is 0.325. The molecule has 2 aromatic carbocycles. The largest absolute Gasteiger partial charge is 0.417 e. The first-order chi connectivity index (χ1) is 17.6. The zero-order valence-corrected chi connectivity index (χ0v) is 23.9. The number of anilines is 1. The van der Waals surface area contributed by atoms with Crippen molar-refractivity contribution in [3.63, 3.8) is 0 Å². The van der Waals surface area contributed by atoms with Crippen LogP contribution >= 0.6 is 34.8 Å². The highest BCUT2D eigenvalue weighted by Crippen LogP contribution is 2.37. The summed E-state index contributed by atoms with van der Waals surface area (Å²) in [5.74, 6) is -1.38. The molecule has 0 aromatic heterocycles. The van der Waals surface area contributed by atoms with E-state index in [2.05, 4.69) is 5.32 Å². The summed E-state index contributed by atoms with van der Waals surface area (Å²) in [6.07, 6.45) is -2.60. The summed E-state index contributed by atoms with van der Waals surface area (Å²) < 4.78 is 66.0. The molecule has 0 heterocycles. The highest BCUT2D eigenvalue weighted by atomic mass is 35.5. The molecule has 0 aliphatic rings. The minimum Gasteiger partial charge on any atom is -0.354 e. The van der Waals surface area contributed by atoms with Crippen LogP contribution < -0.4 is 9.62 Å². The SMILES string of the molecule is CCCCNC(=O)C(C)N(Cc1c(Cl)cccc1Cl)C(=O)CN(c1ccc(Cl)c(C(F)(F)F)c1)S(C)(=O)=O. The smallest absolute Gasteiger partial charge is 0.354 e. The molecule has 1 unspecified atom stereocenters. The Morgan fingerprint density at radius 1 is 1.05 bits per heavy atom. The maximum Gasteiger partial charge on any atom is 0.417 e. The third-order valence-corrected chi connectivity index (χ3v) is 7.79. The Hall–Kier alpha value is -2.21. The minimum atomic E-state index is -4.86. The van der Waals surface area contributed by atoms with Gasteiger partial charge in [-0.1, -0.05) is 54.2 Å². The van der Waals surface area contributed by atoms with Crippen LogP contribution in [0.3, 0.4) is 0 Å². The molecule has 0 bridgehead atoms. The highest BCUT2D eigenvalue weighted by molar-refractivity contribution is 7.92. The van der Waals surface area contributed by atoms with Gasteiger partial charge in [0.05, 0.1) is 22.5 Å². The number of hydrogen-bond acceptors (Lipinski definition) is 4. The van der Waals surface area contributed by atoms with Crippen molar-refractivity contribution in [3.05, 3.63) is 62.6 Å². The number of hydrogen-bond donors (Lipinski definition) is 1. The van der Waals surface area contributed by atoms with Gasteiger partial charge in [-0.3, -0.25) is 13.9 Å². The van der Waals surface area contributed by atoms with Crippen LogP contribution in [0.5, 0.6) is 0 Å². The predicted octanol–water partition coefficient (Wildman–Crippen LogP) is 5.77. The predicted molar refractivity (Wildman–Crippen MR) is 143 cm³/mol. The van der Waals surface area contributed by atoms with Gasteiger partial charge in [-0.15, -0.1) is 0 Å². The Labute approximate surface area is 234 Å². The number of halogens is 6. The van der Waals surface area contributed by atoms with E-state index in [1.807, 2.05) is 6.92 Å². The van der Waals surface area contributed by atoms with Crippen molar-refractivity contribution in [2.75, 3.05) is 23.7 Å². The Morgan fingerprint density at radius 3 is 2.18 bits per heavy atom. The van der Waals surface area contributed by atoms with E-state index >= 15 is 0 Å². The van der Waals surface area contributed by atoms with Crippen molar-refractivity contribution in [2.24, 2.45) is 0 Å². The summed E-state index contributed by atoms with van der Waals surface area (Å²) >= 11 is 18.2. The van der Waals surface area contributed by atoms with Crippen molar-refractivity contribution in [2.45, 2.75) is 45.5 Å². The maximum absolute atomic E-state index is 13.5. The van der Waals surface area contributed by atoms with Crippen LogP contribution in [0.15, 0.2) is 36.4 Å². The number of carbonyl (C=O) groups is 2. The first kappa shape index (κ1) is 32.0. The van der Waals surface area contributed by atoms with Crippen molar-refractivity contribution < 1.29 is 31.2 Å². The van der Waals surface area contributed by atoms with Crippen LogP contribution in [0.1, 0.15) is 37.8 Å². The monoisotopic (exact) mass is 615 g/mol. The van der Waals surface area contributed by atoms with Gasteiger partial charge in [0.15, 0.2) is 0 Å². The first-order valence-corrected chi connectivity index (χ1v) is 14.4. The van der Waals surface area contributed by atoms with Gasteiger partial charge < -0.3 is 10.2 Å². The highest BCUT2D eigenvalue weighted by Gasteiger charge is 2.35. The Bertz CT molecular complexity index is 1260. The van der Waals surface area contributed by atoms with Gasteiger partial charge in [0.1, 0.15) is 12.6 Å². The van der Waals surface area contributed by atoms with Crippen LogP contribution in [-0.4, -0.2) is 50.5 Å². The number of carbonyl (C=O) groups excluding carboxylic acids is 2. The number of unbranched alkanes of at least 4 members (excludes halogenated alkanes) is 1. The number of nitrogens with zero attached hydrogens (tertiary/aromatic N) is 2. The molecule has 0 aliphatic heterocycles. The summed E-state index contributed by atoms with van der Waals surface area (Å²) in [6, 6.07) is 6.07. The molecule has 1 atom stereocenters. The summed E-state index contributed by atoms with van der Waals surface area (Å²) in [5.41, 5.74) is -1.37. The fourth-order valence-electron chi connectivity index (χ4n) is 3.47. The molecule has 0 saturated heterocycles. The van der Waals surface area contributed by atoms with Gasteiger partial charge >= 0.3 is 6.18 Å². The molecule has 2 aromatic rings. The topological polar surface area (TPSA) is 86.8 Å². The number of amides is 2.